The Morgan fingerprint density at radius 2 is 2.45 bits per heavy atom. The number of nitrogens with one attached hydrogen (secondary N) is 1. The SMILES string of the molecule is O=c1[nH]cccc1C=CCCl. The van der Waals surface area contributed by atoms with Crippen LogP contribution in [0.4, 0.5) is 0 Å². The Morgan fingerprint density at radius 3 is 3.09 bits per heavy atom. The first-order valence-electron chi connectivity index (χ1n) is 3.25. The smallest absolute Gasteiger partial charge is 0.255 e. The monoisotopic (exact) mass is 169 g/mol. The molecule has 0 fully saturated rings. The van der Waals surface area contributed by atoms with Gasteiger partial charge in [-0.25, -0.2) is 0 Å². The van der Waals surface area contributed by atoms with Gasteiger partial charge >= 0.3 is 0 Å². The zero-order chi connectivity index (χ0) is 8.10. The van der Waals surface area contributed by atoms with E-state index in [1.807, 2.05) is 0 Å². The van der Waals surface area contributed by atoms with Crippen LogP contribution in [0.1, 0.15) is 5.56 Å². The molecule has 0 aliphatic heterocycles. The summed E-state index contributed by atoms with van der Waals surface area (Å²) in [5.41, 5.74) is 0.544. The van der Waals surface area contributed by atoms with Gasteiger partial charge in [-0.3, -0.25) is 4.79 Å². The lowest BCUT2D eigenvalue weighted by Crippen LogP contribution is -2.06. The Balaban J connectivity index is 2.95. The van der Waals surface area contributed by atoms with Crippen molar-refractivity contribution in [1.82, 2.24) is 4.98 Å². The third kappa shape index (κ3) is 2.24. The molecule has 1 rings (SSSR count). The van der Waals surface area contributed by atoms with E-state index in [-0.39, 0.29) is 5.56 Å². The van der Waals surface area contributed by atoms with Crippen LogP contribution in [-0.4, -0.2) is 10.9 Å². The summed E-state index contributed by atoms with van der Waals surface area (Å²) in [6.45, 7) is 0. The number of allylic oxidation sites excluding steroid dienone is 1. The van der Waals surface area contributed by atoms with Crippen LogP contribution in [0, 0.1) is 0 Å². The predicted molar refractivity (Wildman–Crippen MR) is 46.8 cm³/mol. The second kappa shape index (κ2) is 3.98. The van der Waals surface area contributed by atoms with Gasteiger partial charge in [0.1, 0.15) is 0 Å². The van der Waals surface area contributed by atoms with Crippen LogP contribution >= 0.6 is 11.6 Å². The summed E-state index contributed by atoms with van der Waals surface area (Å²) in [6.07, 6.45) is 5.03. The van der Waals surface area contributed by atoms with Crippen LogP contribution in [0.15, 0.2) is 29.2 Å². The molecule has 0 spiro atoms. The Bertz CT molecular complexity index is 303. The van der Waals surface area contributed by atoms with Gasteiger partial charge in [-0.2, -0.15) is 0 Å². The van der Waals surface area contributed by atoms with Crippen molar-refractivity contribution in [2.75, 3.05) is 5.88 Å². The van der Waals surface area contributed by atoms with Crippen molar-refractivity contribution in [2.45, 2.75) is 0 Å². The fourth-order valence-corrected chi connectivity index (χ4v) is 0.826. The summed E-state index contributed by atoms with van der Waals surface area (Å²) in [7, 11) is 0. The lowest BCUT2D eigenvalue weighted by molar-refractivity contribution is 1.23. The molecular formula is C8H8ClNO. The summed E-state index contributed by atoms with van der Waals surface area (Å²) in [4.78, 5) is 13.5. The van der Waals surface area contributed by atoms with Crippen LogP contribution in [0.2, 0.25) is 0 Å². The molecule has 0 unspecified atom stereocenters. The minimum Gasteiger partial charge on any atom is -0.329 e. The molecule has 0 aliphatic rings. The van der Waals surface area contributed by atoms with E-state index in [2.05, 4.69) is 4.98 Å². The topological polar surface area (TPSA) is 32.9 Å². The maximum absolute atomic E-state index is 11.0. The van der Waals surface area contributed by atoms with Crippen LogP contribution in [-0.2, 0) is 0 Å². The second-order valence-corrected chi connectivity index (χ2v) is 2.32. The summed E-state index contributed by atoms with van der Waals surface area (Å²) in [6, 6.07) is 3.51. The number of rotatable bonds is 2. The highest BCUT2D eigenvalue weighted by Crippen LogP contribution is 1.92. The molecular weight excluding hydrogens is 162 g/mol. The number of alkyl halides is 1. The van der Waals surface area contributed by atoms with Gasteiger partial charge in [0, 0.05) is 17.6 Å². The van der Waals surface area contributed by atoms with Gasteiger partial charge in [-0.05, 0) is 12.1 Å². The first-order chi connectivity index (χ1) is 5.34. The van der Waals surface area contributed by atoms with Crippen LogP contribution in [0.25, 0.3) is 6.08 Å². The van der Waals surface area contributed by atoms with E-state index >= 15 is 0 Å². The third-order valence-electron chi connectivity index (χ3n) is 1.24. The van der Waals surface area contributed by atoms with E-state index in [0.29, 0.717) is 11.4 Å². The Labute approximate surface area is 69.5 Å². The van der Waals surface area contributed by atoms with E-state index in [0.717, 1.165) is 0 Å². The maximum Gasteiger partial charge on any atom is 0.255 e. The summed E-state index contributed by atoms with van der Waals surface area (Å²) < 4.78 is 0. The molecule has 0 radical (unpaired) electrons. The first kappa shape index (κ1) is 8.08. The Hall–Kier alpha value is -1.02. The van der Waals surface area contributed by atoms with Gasteiger partial charge in [0.15, 0.2) is 0 Å². The average molecular weight is 170 g/mol. The van der Waals surface area contributed by atoms with Crippen LogP contribution < -0.4 is 5.56 Å². The normalized spacial score (nSPS) is 10.6. The lowest BCUT2D eigenvalue weighted by Gasteiger charge is -1.87. The molecule has 1 N–H and O–H groups in total. The van der Waals surface area contributed by atoms with E-state index in [1.54, 1.807) is 30.5 Å². The predicted octanol–water partition coefficient (Wildman–Crippen LogP) is 1.63. The van der Waals surface area contributed by atoms with Gasteiger partial charge in [-0.1, -0.05) is 12.2 Å². The third-order valence-corrected chi connectivity index (χ3v) is 1.41. The lowest BCUT2D eigenvalue weighted by atomic mass is 10.2. The highest BCUT2D eigenvalue weighted by atomic mass is 35.5. The fraction of sp³-hybridized carbons (Fsp3) is 0.125. The molecule has 2 nitrogen and oxygen atoms in total. The molecule has 0 saturated carbocycles. The summed E-state index contributed by atoms with van der Waals surface area (Å²) >= 11 is 5.40. The van der Waals surface area contributed by atoms with Gasteiger partial charge in [0.05, 0.1) is 0 Å². The Kier molecular flexibility index (Phi) is 2.93. The first-order valence-corrected chi connectivity index (χ1v) is 3.78. The van der Waals surface area contributed by atoms with Crippen molar-refractivity contribution in [3.05, 3.63) is 40.3 Å². The van der Waals surface area contributed by atoms with Crippen molar-refractivity contribution in [3.63, 3.8) is 0 Å². The molecule has 1 aromatic heterocycles. The van der Waals surface area contributed by atoms with Gasteiger partial charge < -0.3 is 4.98 Å². The second-order valence-electron chi connectivity index (χ2n) is 2.01. The number of halogens is 1. The quantitative estimate of drug-likeness (QED) is 0.671. The molecule has 0 aromatic carbocycles. The molecule has 1 aromatic rings. The average Bonchev–Trinajstić information content (AvgIpc) is 2.03. The van der Waals surface area contributed by atoms with Crippen molar-refractivity contribution in [1.29, 1.82) is 0 Å². The fourth-order valence-electron chi connectivity index (χ4n) is 0.737. The number of H-pyrrole nitrogens is 1. The molecule has 0 bridgehead atoms. The van der Waals surface area contributed by atoms with E-state index in [4.69, 9.17) is 11.6 Å². The van der Waals surface area contributed by atoms with Gasteiger partial charge in [0.2, 0.25) is 0 Å². The van der Waals surface area contributed by atoms with E-state index in [1.165, 1.54) is 0 Å². The van der Waals surface area contributed by atoms with Crippen LogP contribution in [0.5, 0.6) is 0 Å². The number of pyridine rings is 1. The van der Waals surface area contributed by atoms with Crippen molar-refractivity contribution in [2.24, 2.45) is 0 Å². The number of aromatic amines is 1. The molecule has 11 heavy (non-hydrogen) atoms. The molecule has 1 heterocycles. The van der Waals surface area contributed by atoms with Gasteiger partial charge in [-0.15, -0.1) is 11.6 Å². The van der Waals surface area contributed by atoms with E-state index in [9.17, 15) is 4.79 Å². The van der Waals surface area contributed by atoms with E-state index < -0.39 is 0 Å². The molecule has 0 amide bonds. The highest BCUT2D eigenvalue weighted by Gasteiger charge is 1.89. The van der Waals surface area contributed by atoms with Crippen LogP contribution in [0.3, 0.4) is 0 Å². The molecule has 0 atom stereocenters. The summed E-state index contributed by atoms with van der Waals surface area (Å²) in [5.74, 6) is 0.425. The number of hydrogen-bond acceptors (Lipinski definition) is 1. The molecule has 0 aliphatic carbocycles. The zero-order valence-electron chi connectivity index (χ0n) is 5.88. The minimum absolute atomic E-state index is 0.0890. The van der Waals surface area contributed by atoms with Gasteiger partial charge in [0.25, 0.3) is 5.56 Å². The summed E-state index contributed by atoms with van der Waals surface area (Å²) in [5, 5.41) is 0. The Morgan fingerprint density at radius 1 is 1.64 bits per heavy atom. The largest absolute Gasteiger partial charge is 0.329 e. The molecule has 0 saturated heterocycles. The van der Waals surface area contributed by atoms with Crippen molar-refractivity contribution in [3.8, 4) is 0 Å². The van der Waals surface area contributed by atoms with Crippen molar-refractivity contribution < 1.29 is 0 Å². The standard InChI is InChI=1S/C8H8ClNO/c9-5-1-3-7-4-2-6-10-8(7)11/h1-4,6H,5H2,(H,10,11). The molecule has 3 heteroatoms. The molecule has 58 valence electrons. The minimum atomic E-state index is -0.0890. The number of hydrogen-bond donors (Lipinski definition) is 1. The van der Waals surface area contributed by atoms with Crippen molar-refractivity contribution >= 4 is 17.7 Å². The zero-order valence-corrected chi connectivity index (χ0v) is 6.64. The highest BCUT2D eigenvalue weighted by molar-refractivity contribution is 6.19. The maximum atomic E-state index is 11.0. The number of aromatic nitrogens is 1.